The SMILES string of the molecule is COCCNC(=O)C1COC2(CCCCC2)N1C(=O)c1ccccc1C(F)(F)F. The second-order valence-corrected chi connectivity index (χ2v) is 7.34. The standard InChI is InChI=1S/C20H25F3N2O4/c1-28-12-11-24-17(26)16-13-29-19(9-5-2-6-10-19)25(16)18(27)14-7-3-4-8-15(14)20(21,22)23/h3-4,7-8,16H,2,5-6,9-13H2,1H3,(H,24,26). The minimum atomic E-state index is -4.68. The van der Waals surface area contributed by atoms with E-state index in [-0.39, 0.29) is 19.8 Å². The van der Waals surface area contributed by atoms with E-state index in [1.165, 1.54) is 24.1 Å². The molecular formula is C20H25F3N2O4. The molecule has 1 saturated carbocycles. The van der Waals surface area contributed by atoms with Crippen molar-refractivity contribution >= 4 is 11.8 Å². The smallest absolute Gasteiger partial charge is 0.383 e. The number of carbonyl (C=O) groups excluding carboxylic acids is 2. The third-order valence-corrected chi connectivity index (χ3v) is 5.49. The summed E-state index contributed by atoms with van der Waals surface area (Å²) in [5.74, 6) is -1.29. The minimum Gasteiger partial charge on any atom is -0.383 e. The van der Waals surface area contributed by atoms with Gasteiger partial charge in [-0.3, -0.25) is 14.5 Å². The van der Waals surface area contributed by atoms with Crippen LogP contribution in [0, 0.1) is 0 Å². The van der Waals surface area contributed by atoms with Crippen LogP contribution in [0.3, 0.4) is 0 Å². The Morgan fingerprint density at radius 1 is 1.24 bits per heavy atom. The molecule has 1 saturated heterocycles. The van der Waals surface area contributed by atoms with Gasteiger partial charge < -0.3 is 14.8 Å². The molecule has 29 heavy (non-hydrogen) atoms. The van der Waals surface area contributed by atoms with E-state index in [2.05, 4.69) is 5.32 Å². The molecule has 1 spiro atoms. The molecule has 1 aromatic rings. The molecule has 6 nitrogen and oxygen atoms in total. The lowest BCUT2D eigenvalue weighted by Gasteiger charge is -2.41. The van der Waals surface area contributed by atoms with E-state index in [4.69, 9.17) is 9.47 Å². The van der Waals surface area contributed by atoms with Crippen LogP contribution < -0.4 is 5.32 Å². The van der Waals surface area contributed by atoms with Crippen molar-refractivity contribution in [3.63, 3.8) is 0 Å². The minimum absolute atomic E-state index is 0.0429. The van der Waals surface area contributed by atoms with Crippen molar-refractivity contribution < 1.29 is 32.2 Å². The summed E-state index contributed by atoms with van der Waals surface area (Å²) in [5, 5.41) is 2.67. The molecule has 9 heteroatoms. The fraction of sp³-hybridized carbons (Fsp3) is 0.600. The largest absolute Gasteiger partial charge is 0.417 e. The number of halogens is 3. The molecule has 3 rings (SSSR count). The van der Waals surface area contributed by atoms with Crippen LogP contribution in [0.5, 0.6) is 0 Å². The molecule has 2 aliphatic rings. The second kappa shape index (κ2) is 8.71. The van der Waals surface area contributed by atoms with Crippen LogP contribution >= 0.6 is 0 Å². The Labute approximate surface area is 167 Å². The third-order valence-electron chi connectivity index (χ3n) is 5.49. The number of alkyl halides is 3. The summed E-state index contributed by atoms with van der Waals surface area (Å²) in [6.07, 6.45) is -1.17. The first-order chi connectivity index (χ1) is 13.8. The van der Waals surface area contributed by atoms with Gasteiger partial charge in [0.15, 0.2) is 0 Å². The van der Waals surface area contributed by atoms with Crippen LogP contribution in [0.2, 0.25) is 0 Å². The number of hydrogen-bond acceptors (Lipinski definition) is 4. The Balaban J connectivity index is 1.96. The van der Waals surface area contributed by atoms with E-state index in [1.807, 2.05) is 0 Å². The molecule has 1 unspecified atom stereocenters. The zero-order chi connectivity index (χ0) is 21.1. The number of hydrogen-bond donors (Lipinski definition) is 1. The average molecular weight is 414 g/mol. The van der Waals surface area contributed by atoms with Gasteiger partial charge in [0, 0.05) is 13.7 Å². The third kappa shape index (κ3) is 4.40. The number of amides is 2. The molecule has 2 fully saturated rings. The van der Waals surface area contributed by atoms with Crippen molar-refractivity contribution in [1.82, 2.24) is 10.2 Å². The lowest BCUT2D eigenvalue weighted by Crippen LogP contribution is -2.56. The molecule has 0 bridgehead atoms. The maximum absolute atomic E-state index is 13.5. The Kier molecular flexibility index (Phi) is 6.48. The van der Waals surface area contributed by atoms with Crippen molar-refractivity contribution in [3.05, 3.63) is 35.4 Å². The first-order valence-electron chi connectivity index (χ1n) is 9.71. The number of carbonyl (C=O) groups is 2. The molecule has 0 radical (unpaired) electrons. The van der Waals surface area contributed by atoms with E-state index in [0.29, 0.717) is 12.8 Å². The first kappa shape index (κ1) is 21.6. The molecule has 1 heterocycles. The van der Waals surface area contributed by atoms with Crippen molar-refractivity contribution in [2.45, 2.75) is 50.0 Å². The monoisotopic (exact) mass is 414 g/mol. The topological polar surface area (TPSA) is 67.9 Å². The summed E-state index contributed by atoms with van der Waals surface area (Å²) in [7, 11) is 1.49. The molecule has 160 valence electrons. The Morgan fingerprint density at radius 3 is 2.59 bits per heavy atom. The number of rotatable bonds is 5. The Bertz CT molecular complexity index is 747. The quantitative estimate of drug-likeness (QED) is 0.753. The zero-order valence-corrected chi connectivity index (χ0v) is 16.3. The molecule has 1 aliphatic heterocycles. The lowest BCUT2D eigenvalue weighted by atomic mass is 9.89. The van der Waals surface area contributed by atoms with Crippen LogP contribution in [0.15, 0.2) is 24.3 Å². The highest BCUT2D eigenvalue weighted by atomic mass is 19.4. The van der Waals surface area contributed by atoms with E-state index in [1.54, 1.807) is 0 Å². The number of nitrogens with one attached hydrogen (secondary N) is 1. The first-order valence-corrected chi connectivity index (χ1v) is 9.71. The fourth-order valence-corrected chi connectivity index (χ4v) is 4.11. The highest BCUT2D eigenvalue weighted by molar-refractivity contribution is 5.99. The van der Waals surface area contributed by atoms with Gasteiger partial charge in [0.1, 0.15) is 11.8 Å². The predicted octanol–water partition coefficient (Wildman–Crippen LogP) is 2.97. The van der Waals surface area contributed by atoms with Gasteiger partial charge >= 0.3 is 6.18 Å². The van der Waals surface area contributed by atoms with Gasteiger partial charge in [-0.05, 0) is 37.8 Å². The van der Waals surface area contributed by atoms with Crippen LogP contribution in [-0.4, -0.2) is 55.3 Å². The summed E-state index contributed by atoms with van der Waals surface area (Å²) in [5.41, 5.74) is -2.52. The van der Waals surface area contributed by atoms with Crippen molar-refractivity contribution in [3.8, 4) is 0 Å². The van der Waals surface area contributed by atoms with Gasteiger partial charge in [0.2, 0.25) is 5.91 Å². The van der Waals surface area contributed by atoms with Crippen LogP contribution in [-0.2, 0) is 20.4 Å². The highest BCUT2D eigenvalue weighted by Crippen LogP contribution is 2.42. The van der Waals surface area contributed by atoms with Gasteiger partial charge in [0.25, 0.3) is 5.91 Å². The van der Waals surface area contributed by atoms with Crippen molar-refractivity contribution in [2.24, 2.45) is 0 Å². The molecule has 2 amide bonds. The number of ether oxygens (including phenoxy) is 2. The Morgan fingerprint density at radius 2 is 1.93 bits per heavy atom. The lowest BCUT2D eigenvalue weighted by molar-refractivity contribution is -0.138. The maximum Gasteiger partial charge on any atom is 0.417 e. The van der Waals surface area contributed by atoms with Gasteiger partial charge in [-0.25, -0.2) is 0 Å². The Hall–Kier alpha value is -2.13. The molecular weight excluding hydrogens is 389 g/mol. The van der Waals surface area contributed by atoms with Gasteiger partial charge in [-0.1, -0.05) is 18.6 Å². The zero-order valence-electron chi connectivity index (χ0n) is 16.3. The van der Waals surface area contributed by atoms with E-state index >= 15 is 0 Å². The van der Waals surface area contributed by atoms with Gasteiger partial charge in [0.05, 0.1) is 24.3 Å². The van der Waals surface area contributed by atoms with Crippen LogP contribution in [0.4, 0.5) is 13.2 Å². The number of methoxy groups -OCH3 is 1. The average Bonchev–Trinajstić information content (AvgIpc) is 3.06. The molecule has 1 aromatic carbocycles. The van der Waals surface area contributed by atoms with E-state index in [0.717, 1.165) is 31.4 Å². The van der Waals surface area contributed by atoms with E-state index in [9.17, 15) is 22.8 Å². The highest BCUT2D eigenvalue weighted by Gasteiger charge is 2.53. The summed E-state index contributed by atoms with van der Waals surface area (Å²) in [6, 6.07) is 3.68. The maximum atomic E-state index is 13.5. The summed E-state index contributed by atoms with van der Waals surface area (Å²) in [4.78, 5) is 27.3. The van der Waals surface area contributed by atoms with Crippen molar-refractivity contribution in [2.75, 3.05) is 26.9 Å². The second-order valence-electron chi connectivity index (χ2n) is 7.34. The number of nitrogens with zero attached hydrogens (tertiary/aromatic N) is 1. The van der Waals surface area contributed by atoms with E-state index < -0.39 is 40.9 Å². The number of benzene rings is 1. The summed E-state index contributed by atoms with van der Waals surface area (Å²) in [6.45, 7) is 0.480. The van der Waals surface area contributed by atoms with Gasteiger partial charge in [-0.2, -0.15) is 13.2 Å². The predicted molar refractivity (Wildman–Crippen MR) is 98.1 cm³/mol. The van der Waals surface area contributed by atoms with Crippen molar-refractivity contribution in [1.29, 1.82) is 0 Å². The fourth-order valence-electron chi connectivity index (χ4n) is 4.11. The molecule has 1 aliphatic carbocycles. The molecule has 0 aromatic heterocycles. The summed E-state index contributed by atoms with van der Waals surface area (Å²) >= 11 is 0. The normalized spacial score (nSPS) is 21.4. The van der Waals surface area contributed by atoms with Crippen LogP contribution in [0.1, 0.15) is 48.0 Å². The molecule has 1 atom stereocenters. The summed E-state index contributed by atoms with van der Waals surface area (Å²) < 4.78 is 51.3. The van der Waals surface area contributed by atoms with Gasteiger partial charge in [-0.15, -0.1) is 0 Å². The molecule has 1 N–H and O–H groups in total. The van der Waals surface area contributed by atoms with Crippen LogP contribution in [0.25, 0.3) is 0 Å².